The average Bonchev–Trinajstić information content (AvgIpc) is 2.89. The van der Waals surface area contributed by atoms with Crippen LogP contribution < -0.4 is 5.32 Å². The molecule has 0 radical (unpaired) electrons. The predicted molar refractivity (Wildman–Crippen MR) is 146 cm³/mol. The van der Waals surface area contributed by atoms with Crippen LogP contribution in [0.25, 0.3) is 0 Å². The zero-order valence-corrected chi connectivity index (χ0v) is 24.3. The Morgan fingerprint density at radius 2 is 1.59 bits per heavy atom. The van der Waals surface area contributed by atoms with Crippen LogP contribution in [0.1, 0.15) is 53.0 Å². The van der Waals surface area contributed by atoms with Crippen LogP contribution in [0.15, 0.2) is 30.3 Å². The van der Waals surface area contributed by atoms with Crippen LogP contribution in [-0.4, -0.2) is 95.4 Å². The van der Waals surface area contributed by atoms with E-state index in [0.717, 1.165) is 10.5 Å². The van der Waals surface area contributed by atoms with Crippen molar-refractivity contribution in [2.24, 2.45) is 11.8 Å². The lowest BCUT2D eigenvalue weighted by atomic mass is 9.90. The third-order valence-corrected chi connectivity index (χ3v) is 6.95. The number of methoxy groups -OCH3 is 1. The van der Waals surface area contributed by atoms with Gasteiger partial charge in [0.1, 0.15) is 18.7 Å². The molecule has 0 aliphatic rings. The van der Waals surface area contributed by atoms with Crippen molar-refractivity contribution < 1.29 is 38.9 Å². The number of hydrogen-bond donors (Lipinski definition) is 3. The number of aliphatic carboxylic acids is 1. The molecule has 0 aliphatic carbocycles. The number of carboxylic acid groups (broad SMARTS) is 1. The molecule has 1 rings (SSSR count). The van der Waals surface area contributed by atoms with Crippen LogP contribution in [0.5, 0.6) is 0 Å². The summed E-state index contributed by atoms with van der Waals surface area (Å²) in [4.78, 5) is 53.6. The molecule has 6 unspecified atom stereocenters. The minimum Gasteiger partial charge on any atom is -0.481 e. The molecule has 39 heavy (non-hydrogen) atoms. The topological polar surface area (TPSA) is 146 Å². The van der Waals surface area contributed by atoms with Gasteiger partial charge in [0.05, 0.1) is 24.7 Å². The zero-order valence-electron chi connectivity index (χ0n) is 24.3. The molecule has 1 aromatic rings. The van der Waals surface area contributed by atoms with E-state index in [9.17, 15) is 29.4 Å². The molecule has 3 N–H and O–H groups in total. The van der Waals surface area contributed by atoms with Gasteiger partial charge in [0.15, 0.2) is 0 Å². The van der Waals surface area contributed by atoms with Gasteiger partial charge in [-0.1, -0.05) is 64.4 Å². The Balaban J connectivity index is 3.12. The highest BCUT2D eigenvalue weighted by Gasteiger charge is 2.40. The smallest absolute Gasteiger partial charge is 0.410 e. The largest absolute Gasteiger partial charge is 0.481 e. The Labute approximate surface area is 231 Å². The van der Waals surface area contributed by atoms with Crippen molar-refractivity contribution in [3.63, 3.8) is 0 Å². The fourth-order valence-electron chi connectivity index (χ4n) is 4.53. The molecule has 0 spiro atoms. The summed E-state index contributed by atoms with van der Waals surface area (Å²) in [5, 5.41) is 22.5. The van der Waals surface area contributed by atoms with E-state index in [-0.39, 0.29) is 24.9 Å². The van der Waals surface area contributed by atoms with Crippen molar-refractivity contribution in [3.8, 4) is 0 Å². The summed E-state index contributed by atoms with van der Waals surface area (Å²) < 4.78 is 10.8. The van der Waals surface area contributed by atoms with Gasteiger partial charge in [0.2, 0.25) is 11.8 Å². The fourth-order valence-corrected chi connectivity index (χ4v) is 4.53. The second-order valence-corrected chi connectivity index (χ2v) is 10.3. The van der Waals surface area contributed by atoms with Gasteiger partial charge in [-0.2, -0.15) is 0 Å². The molecule has 0 aliphatic heterocycles. The van der Waals surface area contributed by atoms with Crippen LogP contribution in [0.4, 0.5) is 4.79 Å². The second kappa shape index (κ2) is 16.0. The number of likely N-dealkylation sites (N-methyl/N-ethyl adjacent to an activating group) is 2. The molecule has 0 aromatic heterocycles. The average molecular weight is 552 g/mol. The summed E-state index contributed by atoms with van der Waals surface area (Å²) in [5.41, 5.74) is 0.763. The Morgan fingerprint density at radius 1 is 1.00 bits per heavy atom. The van der Waals surface area contributed by atoms with Crippen molar-refractivity contribution in [2.75, 3.05) is 21.2 Å². The van der Waals surface area contributed by atoms with Gasteiger partial charge in [-0.05, 0) is 24.3 Å². The van der Waals surface area contributed by atoms with E-state index in [4.69, 9.17) is 9.47 Å². The van der Waals surface area contributed by atoms with Crippen molar-refractivity contribution in [1.82, 2.24) is 15.1 Å². The van der Waals surface area contributed by atoms with E-state index in [1.807, 2.05) is 19.9 Å². The second-order valence-electron chi connectivity index (χ2n) is 10.3. The van der Waals surface area contributed by atoms with Gasteiger partial charge in [-0.15, -0.1) is 0 Å². The third kappa shape index (κ3) is 9.81. The van der Waals surface area contributed by atoms with E-state index in [1.54, 1.807) is 45.2 Å². The third-order valence-electron chi connectivity index (χ3n) is 6.95. The first-order valence-corrected chi connectivity index (χ1v) is 13.2. The molecule has 3 amide bonds. The maximum absolute atomic E-state index is 13.7. The maximum Gasteiger partial charge on any atom is 0.410 e. The quantitative estimate of drug-likeness (QED) is 0.301. The Morgan fingerprint density at radius 3 is 2.05 bits per heavy atom. The van der Waals surface area contributed by atoms with Crippen LogP contribution in [0.3, 0.4) is 0 Å². The maximum atomic E-state index is 13.7. The molecule has 0 saturated heterocycles. The van der Waals surface area contributed by atoms with Gasteiger partial charge >= 0.3 is 12.1 Å². The number of aliphatic hydroxyl groups is 1. The number of carboxylic acids is 1. The molecule has 220 valence electrons. The van der Waals surface area contributed by atoms with Crippen molar-refractivity contribution in [3.05, 3.63) is 35.9 Å². The number of hydrogen-bond acceptors (Lipinski definition) is 7. The van der Waals surface area contributed by atoms with E-state index in [2.05, 4.69) is 5.32 Å². The van der Waals surface area contributed by atoms with E-state index in [0.29, 0.717) is 6.42 Å². The van der Waals surface area contributed by atoms with Crippen LogP contribution in [0, 0.1) is 11.8 Å². The Hall–Kier alpha value is -3.18. The normalized spacial score (nSPS) is 15.8. The highest BCUT2D eigenvalue weighted by molar-refractivity contribution is 5.92. The summed E-state index contributed by atoms with van der Waals surface area (Å²) in [6.07, 6.45) is -2.45. The summed E-state index contributed by atoms with van der Waals surface area (Å²) >= 11 is 0. The molecule has 0 saturated carbocycles. The lowest BCUT2D eigenvalue weighted by Crippen LogP contribution is -2.61. The zero-order chi connectivity index (χ0) is 29.9. The number of ether oxygens (including phenoxy) is 2. The first-order valence-electron chi connectivity index (χ1n) is 13.2. The molecule has 11 heteroatoms. The Kier molecular flexibility index (Phi) is 13.9. The minimum absolute atomic E-state index is 0.00985. The molecule has 0 heterocycles. The summed E-state index contributed by atoms with van der Waals surface area (Å²) in [6, 6.07) is 6.13. The standard InChI is InChI=1S/C28H45N3O8/c1-9-18(4)24(21(38-8)15-22(33)34)30(6)27(36)23(17(2)3)29-26(35)25(19(5)32)31(7)28(37)39-16-20-13-11-10-12-14-20/h10-14,17-19,21,23-25,32H,9,15-16H2,1-8H3,(H,29,35)(H,33,34). The van der Waals surface area contributed by atoms with Crippen molar-refractivity contribution >= 4 is 23.9 Å². The van der Waals surface area contributed by atoms with Gasteiger partial charge in [-0.3, -0.25) is 19.3 Å². The minimum atomic E-state index is -1.32. The number of nitrogens with one attached hydrogen (secondary N) is 1. The predicted octanol–water partition coefficient (Wildman–Crippen LogP) is 2.51. The molecule has 0 bridgehead atoms. The van der Waals surface area contributed by atoms with Crippen molar-refractivity contribution in [2.45, 2.75) is 84.4 Å². The number of nitrogens with zero attached hydrogens (tertiary/aromatic N) is 2. The molecule has 11 nitrogen and oxygen atoms in total. The number of carbonyl (C=O) groups excluding carboxylic acids is 3. The van der Waals surface area contributed by atoms with Gasteiger partial charge in [0.25, 0.3) is 0 Å². The Bertz CT molecular complexity index is 940. The molecule has 1 aromatic carbocycles. The monoisotopic (exact) mass is 551 g/mol. The van der Waals surface area contributed by atoms with Crippen molar-refractivity contribution in [1.29, 1.82) is 0 Å². The molecular formula is C28H45N3O8. The van der Waals surface area contributed by atoms with Gasteiger partial charge in [0, 0.05) is 21.2 Å². The van der Waals surface area contributed by atoms with Gasteiger partial charge in [-0.25, -0.2) is 4.79 Å². The molecule has 6 atom stereocenters. The van der Waals surface area contributed by atoms with E-state index >= 15 is 0 Å². The summed E-state index contributed by atoms with van der Waals surface area (Å²) in [7, 11) is 4.31. The highest BCUT2D eigenvalue weighted by atomic mass is 16.6. The van der Waals surface area contributed by atoms with Crippen LogP contribution in [-0.2, 0) is 30.5 Å². The number of carbonyl (C=O) groups is 4. The number of aliphatic hydroxyl groups excluding tert-OH is 1. The van der Waals surface area contributed by atoms with Crippen LogP contribution >= 0.6 is 0 Å². The SMILES string of the molecule is CCC(C)C(C(CC(=O)O)OC)N(C)C(=O)C(NC(=O)C(C(C)O)N(C)C(=O)OCc1ccccc1)C(C)C. The number of rotatable bonds is 15. The molecule has 0 fully saturated rings. The number of amides is 3. The summed E-state index contributed by atoms with van der Waals surface area (Å²) in [5.74, 6) is -2.66. The van der Waals surface area contributed by atoms with E-state index in [1.165, 1.54) is 26.0 Å². The lowest BCUT2D eigenvalue weighted by Gasteiger charge is -2.40. The first-order chi connectivity index (χ1) is 18.3. The lowest BCUT2D eigenvalue weighted by molar-refractivity contribution is -0.148. The first kappa shape index (κ1) is 33.8. The fraction of sp³-hybridized carbons (Fsp3) is 0.643. The molecular weight excluding hydrogens is 506 g/mol. The highest BCUT2D eigenvalue weighted by Crippen LogP contribution is 2.23. The van der Waals surface area contributed by atoms with Gasteiger partial charge < -0.3 is 29.9 Å². The van der Waals surface area contributed by atoms with Crippen LogP contribution in [0.2, 0.25) is 0 Å². The summed E-state index contributed by atoms with van der Waals surface area (Å²) in [6.45, 7) is 8.72. The number of benzene rings is 1. The van der Waals surface area contributed by atoms with E-state index < -0.39 is 54.2 Å².